The van der Waals surface area contributed by atoms with Gasteiger partial charge in [0, 0.05) is 18.9 Å². The highest BCUT2D eigenvalue weighted by molar-refractivity contribution is 7.99. The highest BCUT2D eigenvalue weighted by Crippen LogP contribution is 2.52. The molecule has 7 heteroatoms. The van der Waals surface area contributed by atoms with Crippen molar-refractivity contribution in [2.24, 2.45) is 5.41 Å². The van der Waals surface area contributed by atoms with Gasteiger partial charge in [0.25, 0.3) is 0 Å². The molecule has 1 aliphatic carbocycles. The summed E-state index contributed by atoms with van der Waals surface area (Å²) in [5.41, 5.74) is 0.113. The zero-order valence-corrected chi connectivity index (χ0v) is 13.6. The van der Waals surface area contributed by atoms with Crippen LogP contribution in [0.1, 0.15) is 19.3 Å². The molecule has 0 aromatic carbocycles. The smallest absolute Gasteiger partial charge is 0.306 e. The van der Waals surface area contributed by atoms with Crippen LogP contribution in [0.25, 0.3) is 0 Å². The van der Waals surface area contributed by atoms with Gasteiger partial charge in [-0.25, -0.2) is 9.97 Å². The van der Waals surface area contributed by atoms with Gasteiger partial charge in [0.15, 0.2) is 5.16 Å². The lowest BCUT2D eigenvalue weighted by atomic mass is 10.1. The van der Waals surface area contributed by atoms with Crippen LogP contribution < -0.4 is 5.32 Å². The molecule has 1 heterocycles. The van der Waals surface area contributed by atoms with E-state index in [1.165, 1.54) is 18.9 Å². The van der Waals surface area contributed by atoms with Crippen LogP contribution in [0.2, 0.25) is 0 Å². The van der Waals surface area contributed by atoms with Crippen molar-refractivity contribution in [2.45, 2.75) is 29.4 Å². The number of nitrogens with zero attached hydrogens (tertiary/aromatic N) is 2. The van der Waals surface area contributed by atoms with Crippen molar-refractivity contribution in [1.29, 1.82) is 0 Å². The third-order valence-electron chi connectivity index (χ3n) is 3.35. The van der Waals surface area contributed by atoms with Crippen LogP contribution >= 0.6 is 23.5 Å². The number of aromatic nitrogens is 2. The number of anilines is 1. The number of rotatable bonds is 7. The summed E-state index contributed by atoms with van der Waals surface area (Å²) in [7, 11) is 3.29. The Morgan fingerprint density at radius 3 is 2.80 bits per heavy atom. The summed E-state index contributed by atoms with van der Waals surface area (Å²) >= 11 is 3.22. The van der Waals surface area contributed by atoms with Crippen LogP contribution in [0, 0.1) is 5.41 Å². The molecule has 1 aromatic rings. The Labute approximate surface area is 127 Å². The Kier molecular flexibility index (Phi) is 5.15. The molecule has 0 spiro atoms. The van der Waals surface area contributed by atoms with Crippen molar-refractivity contribution in [3.63, 3.8) is 0 Å². The van der Waals surface area contributed by atoms with Crippen molar-refractivity contribution >= 4 is 35.3 Å². The average Bonchev–Trinajstić information content (AvgIpc) is 3.24. The van der Waals surface area contributed by atoms with Gasteiger partial charge in [-0.2, -0.15) is 0 Å². The summed E-state index contributed by atoms with van der Waals surface area (Å²) in [6.07, 6.45) is 4.65. The van der Waals surface area contributed by atoms with Crippen LogP contribution in [0.15, 0.2) is 16.2 Å². The second kappa shape index (κ2) is 6.67. The van der Waals surface area contributed by atoms with Crippen molar-refractivity contribution in [3.05, 3.63) is 6.07 Å². The maximum atomic E-state index is 11.4. The van der Waals surface area contributed by atoms with Gasteiger partial charge in [-0.3, -0.25) is 4.79 Å². The van der Waals surface area contributed by atoms with E-state index in [-0.39, 0.29) is 11.4 Å². The Balaban J connectivity index is 1.98. The molecule has 0 aliphatic heterocycles. The highest BCUT2D eigenvalue weighted by Gasteiger charge is 2.44. The second-order valence-electron chi connectivity index (χ2n) is 4.87. The number of hydrogen-bond acceptors (Lipinski definition) is 7. The van der Waals surface area contributed by atoms with Gasteiger partial charge in [-0.15, -0.1) is 11.8 Å². The molecule has 20 heavy (non-hydrogen) atoms. The second-order valence-corrected chi connectivity index (χ2v) is 6.64. The lowest BCUT2D eigenvalue weighted by Crippen LogP contribution is -2.13. The van der Waals surface area contributed by atoms with E-state index in [2.05, 4.69) is 15.3 Å². The Morgan fingerprint density at radius 1 is 1.50 bits per heavy atom. The van der Waals surface area contributed by atoms with Crippen molar-refractivity contribution in [1.82, 2.24) is 9.97 Å². The first-order valence-electron chi connectivity index (χ1n) is 6.41. The minimum atomic E-state index is -0.119. The largest absolute Gasteiger partial charge is 0.469 e. The maximum Gasteiger partial charge on any atom is 0.306 e. The van der Waals surface area contributed by atoms with Crippen molar-refractivity contribution < 1.29 is 9.53 Å². The topological polar surface area (TPSA) is 64.1 Å². The van der Waals surface area contributed by atoms with E-state index in [0.29, 0.717) is 6.42 Å². The van der Waals surface area contributed by atoms with Crippen molar-refractivity contribution in [2.75, 3.05) is 31.5 Å². The molecular formula is C13H19N3O2S2. The number of ether oxygens (including phenoxy) is 1. The zero-order valence-electron chi connectivity index (χ0n) is 11.9. The monoisotopic (exact) mass is 313 g/mol. The summed E-state index contributed by atoms with van der Waals surface area (Å²) in [5, 5.41) is 4.75. The predicted molar refractivity (Wildman–Crippen MR) is 82.4 cm³/mol. The summed E-state index contributed by atoms with van der Waals surface area (Å²) in [5.74, 6) is 1.60. The van der Waals surface area contributed by atoms with Gasteiger partial charge in [-0.1, -0.05) is 11.8 Å². The van der Waals surface area contributed by atoms with E-state index in [4.69, 9.17) is 4.74 Å². The standard InChI is InChI=1S/C13H19N3O2S2/c1-14-9-6-10(16-12(15-9)19-3)20-8-13(4-5-13)7-11(17)18-2/h6H,4-5,7-8H2,1-3H3,(H,14,15,16). The molecule has 110 valence electrons. The third-order valence-corrected chi connectivity index (χ3v) is 5.16. The molecule has 0 unspecified atom stereocenters. The average molecular weight is 313 g/mol. The van der Waals surface area contributed by atoms with Gasteiger partial charge in [-0.05, 0) is 24.5 Å². The van der Waals surface area contributed by atoms with Crippen LogP contribution in [-0.2, 0) is 9.53 Å². The van der Waals surface area contributed by atoms with E-state index < -0.39 is 0 Å². The summed E-state index contributed by atoms with van der Waals surface area (Å²) in [6, 6.07) is 1.94. The number of methoxy groups -OCH3 is 1. The summed E-state index contributed by atoms with van der Waals surface area (Å²) < 4.78 is 4.76. The lowest BCUT2D eigenvalue weighted by Gasteiger charge is -2.13. The van der Waals surface area contributed by atoms with Crippen molar-refractivity contribution in [3.8, 4) is 0 Å². The molecule has 0 bridgehead atoms. The zero-order chi connectivity index (χ0) is 14.6. The highest BCUT2D eigenvalue weighted by atomic mass is 32.2. The molecule has 1 fully saturated rings. The Morgan fingerprint density at radius 2 is 2.25 bits per heavy atom. The fourth-order valence-corrected chi connectivity index (χ4v) is 3.48. The van der Waals surface area contributed by atoms with E-state index in [1.807, 2.05) is 19.4 Å². The molecule has 0 radical (unpaired) electrons. The first-order valence-corrected chi connectivity index (χ1v) is 8.62. The van der Waals surface area contributed by atoms with Gasteiger partial charge in [0.1, 0.15) is 10.8 Å². The molecular weight excluding hydrogens is 294 g/mol. The Hall–Kier alpha value is -0.950. The number of carbonyl (C=O) groups excluding carboxylic acids is 1. The molecule has 1 N–H and O–H groups in total. The maximum absolute atomic E-state index is 11.4. The van der Waals surface area contributed by atoms with Gasteiger partial charge in [0.05, 0.1) is 13.5 Å². The Bertz CT molecular complexity index is 470. The summed E-state index contributed by atoms with van der Waals surface area (Å²) in [6.45, 7) is 0. The first kappa shape index (κ1) is 15.4. The molecule has 1 aromatic heterocycles. The fraction of sp³-hybridized carbons (Fsp3) is 0.615. The molecule has 1 saturated carbocycles. The molecule has 0 amide bonds. The number of hydrogen-bond donors (Lipinski definition) is 1. The van der Waals surface area contributed by atoms with Crippen LogP contribution in [0.3, 0.4) is 0 Å². The van der Waals surface area contributed by atoms with Gasteiger partial charge in [0.2, 0.25) is 0 Å². The molecule has 0 atom stereocenters. The quantitative estimate of drug-likeness (QED) is 0.359. The minimum absolute atomic E-state index is 0.113. The van der Waals surface area contributed by atoms with Gasteiger partial charge < -0.3 is 10.1 Å². The minimum Gasteiger partial charge on any atom is -0.469 e. The van der Waals surface area contributed by atoms with Crippen LogP contribution in [0.5, 0.6) is 0 Å². The fourth-order valence-electron chi connectivity index (χ4n) is 1.85. The third kappa shape index (κ3) is 4.02. The number of thioether (sulfide) groups is 2. The van der Waals surface area contributed by atoms with Crippen LogP contribution in [-0.4, -0.2) is 42.1 Å². The summed E-state index contributed by atoms with van der Waals surface area (Å²) in [4.78, 5) is 20.2. The molecule has 1 aliphatic rings. The first-order chi connectivity index (χ1) is 9.60. The van der Waals surface area contributed by atoms with Gasteiger partial charge >= 0.3 is 5.97 Å². The number of carbonyl (C=O) groups is 1. The SMILES string of the molecule is CNc1cc(SCC2(CC(=O)OC)CC2)nc(SC)n1. The lowest BCUT2D eigenvalue weighted by molar-refractivity contribution is -0.141. The normalized spacial score (nSPS) is 15.8. The number of nitrogens with one attached hydrogen (secondary N) is 1. The number of esters is 1. The van der Waals surface area contributed by atoms with Crippen LogP contribution in [0.4, 0.5) is 5.82 Å². The van der Waals surface area contributed by atoms with E-state index in [9.17, 15) is 4.79 Å². The molecule has 0 saturated heterocycles. The predicted octanol–water partition coefficient (Wildman–Crippen LogP) is 2.68. The van der Waals surface area contributed by atoms with E-state index in [0.717, 1.165) is 34.6 Å². The molecule has 5 nitrogen and oxygen atoms in total. The van der Waals surface area contributed by atoms with E-state index in [1.54, 1.807) is 11.8 Å². The molecule has 2 rings (SSSR count). The van der Waals surface area contributed by atoms with E-state index >= 15 is 0 Å².